The van der Waals surface area contributed by atoms with Crippen molar-refractivity contribution in [1.82, 2.24) is 0 Å². The molecule has 1 aromatic carbocycles. The molecule has 0 bridgehead atoms. The monoisotopic (exact) mass is 311 g/mol. The zero-order valence-corrected chi connectivity index (χ0v) is 11.7. The molecule has 0 atom stereocenters. The molecule has 1 heterocycles. The molecule has 0 saturated carbocycles. The summed E-state index contributed by atoms with van der Waals surface area (Å²) in [5.74, 6) is -0.887. The average molecular weight is 312 g/mol. The number of nitrogens with zero attached hydrogens (tertiary/aromatic N) is 1. The lowest BCUT2D eigenvalue weighted by molar-refractivity contribution is -0.114. The summed E-state index contributed by atoms with van der Waals surface area (Å²) in [6, 6.07) is 5.39. The molecule has 1 aliphatic rings. The van der Waals surface area contributed by atoms with Gasteiger partial charge in [0.1, 0.15) is 0 Å². The number of ether oxygens (including phenoxy) is 1. The molecule has 96 valence electrons. The highest BCUT2D eigenvalue weighted by Crippen LogP contribution is 2.34. The number of benzene rings is 1. The van der Waals surface area contributed by atoms with Gasteiger partial charge in [-0.3, -0.25) is 9.59 Å². The molecule has 4 nitrogen and oxygen atoms in total. The summed E-state index contributed by atoms with van der Waals surface area (Å²) in [5.41, 5.74) is 1.16. The molecule has 5 heteroatoms. The van der Waals surface area contributed by atoms with E-state index in [0.29, 0.717) is 35.5 Å². The summed E-state index contributed by atoms with van der Waals surface area (Å²) in [6.07, 6.45) is 0.721. The highest BCUT2D eigenvalue weighted by atomic mass is 79.9. The summed E-state index contributed by atoms with van der Waals surface area (Å²) < 4.78 is 5.91. The van der Waals surface area contributed by atoms with Crippen LogP contribution in [0, 0.1) is 0 Å². The second-order valence-corrected chi connectivity index (χ2v) is 4.82. The number of fused-ring (bicyclic) bond motifs is 1. The Labute approximate surface area is 114 Å². The molecule has 0 spiro atoms. The van der Waals surface area contributed by atoms with Crippen molar-refractivity contribution in [2.24, 2.45) is 0 Å². The number of anilines is 1. The van der Waals surface area contributed by atoms with Crippen LogP contribution in [0.15, 0.2) is 22.7 Å². The van der Waals surface area contributed by atoms with Crippen molar-refractivity contribution in [2.75, 3.05) is 24.7 Å². The Kier molecular flexibility index (Phi) is 4.14. The molecular formula is C13H14BrNO3. The SMILES string of the molecule is CCOCCCN1C(=O)C(=O)c2c(Br)cccc21. The maximum absolute atomic E-state index is 11.9. The van der Waals surface area contributed by atoms with Crippen LogP contribution in [-0.2, 0) is 9.53 Å². The lowest BCUT2D eigenvalue weighted by Gasteiger charge is -2.16. The van der Waals surface area contributed by atoms with Crippen LogP contribution < -0.4 is 4.90 Å². The lowest BCUT2D eigenvalue weighted by atomic mass is 10.1. The van der Waals surface area contributed by atoms with Gasteiger partial charge < -0.3 is 9.64 Å². The molecule has 0 unspecified atom stereocenters. The van der Waals surface area contributed by atoms with E-state index in [2.05, 4.69) is 15.9 Å². The van der Waals surface area contributed by atoms with Gasteiger partial charge in [0.15, 0.2) is 0 Å². The molecule has 0 radical (unpaired) electrons. The number of rotatable bonds is 5. The molecule has 0 N–H and O–H groups in total. The van der Waals surface area contributed by atoms with Crippen molar-refractivity contribution >= 4 is 33.3 Å². The second kappa shape index (κ2) is 5.63. The van der Waals surface area contributed by atoms with Crippen LogP contribution in [0.2, 0.25) is 0 Å². The molecule has 0 saturated heterocycles. The predicted molar refractivity (Wildman–Crippen MR) is 71.9 cm³/mol. The molecule has 1 amide bonds. The van der Waals surface area contributed by atoms with E-state index in [-0.39, 0.29) is 0 Å². The summed E-state index contributed by atoms with van der Waals surface area (Å²) in [5, 5.41) is 0. The first-order valence-corrected chi connectivity index (χ1v) is 6.68. The Morgan fingerprint density at radius 1 is 1.33 bits per heavy atom. The van der Waals surface area contributed by atoms with Crippen molar-refractivity contribution in [1.29, 1.82) is 0 Å². The Hall–Kier alpha value is -1.20. The first-order chi connectivity index (χ1) is 8.66. The van der Waals surface area contributed by atoms with Crippen molar-refractivity contribution in [2.45, 2.75) is 13.3 Å². The third-order valence-electron chi connectivity index (χ3n) is 2.82. The zero-order chi connectivity index (χ0) is 13.1. The van der Waals surface area contributed by atoms with Crippen molar-refractivity contribution in [3.05, 3.63) is 28.2 Å². The van der Waals surface area contributed by atoms with E-state index < -0.39 is 11.7 Å². The molecule has 0 fully saturated rings. The maximum atomic E-state index is 11.9. The van der Waals surface area contributed by atoms with Crippen LogP contribution in [0.4, 0.5) is 5.69 Å². The van der Waals surface area contributed by atoms with E-state index in [1.54, 1.807) is 12.1 Å². The van der Waals surface area contributed by atoms with Crippen molar-refractivity contribution in [3.8, 4) is 0 Å². The fraction of sp³-hybridized carbons (Fsp3) is 0.385. The van der Waals surface area contributed by atoms with Gasteiger partial charge in [-0.1, -0.05) is 6.07 Å². The van der Waals surface area contributed by atoms with Gasteiger partial charge in [-0.25, -0.2) is 0 Å². The number of halogens is 1. The molecule has 18 heavy (non-hydrogen) atoms. The van der Waals surface area contributed by atoms with E-state index >= 15 is 0 Å². The fourth-order valence-electron chi connectivity index (χ4n) is 1.99. The Bertz CT molecular complexity index is 487. The van der Waals surface area contributed by atoms with Crippen LogP contribution in [0.3, 0.4) is 0 Å². The highest BCUT2D eigenvalue weighted by molar-refractivity contribution is 9.10. The van der Waals surface area contributed by atoms with Gasteiger partial charge in [0, 0.05) is 24.2 Å². The van der Waals surface area contributed by atoms with E-state index in [9.17, 15) is 9.59 Å². The minimum absolute atomic E-state index is 0.436. The summed E-state index contributed by atoms with van der Waals surface area (Å²) in [7, 11) is 0. The van der Waals surface area contributed by atoms with Crippen LogP contribution in [-0.4, -0.2) is 31.4 Å². The zero-order valence-electron chi connectivity index (χ0n) is 10.1. The van der Waals surface area contributed by atoms with E-state index in [0.717, 1.165) is 6.42 Å². The topological polar surface area (TPSA) is 46.6 Å². The molecule has 2 rings (SSSR count). The Morgan fingerprint density at radius 3 is 2.83 bits per heavy atom. The van der Waals surface area contributed by atoms with Gasteiger partial charge in [-0.15, -0.1) is 0 Å². The van der Waals surface area contributed by atoms with Gasteiger partial charge in [-0.05, 0) is 41.4 Å². The number of hydrogen-bond acceptors (Lipinski definition) is 3. The smallest absolute Gasteiger partial charge is 0.299 e. The highest BCUT2D eigenvalue weighted by Gasteiger charge is 2.36. The number of Topliss-reactive ketones (excluding diaryl/α,β-unsaturated/α-hetero) is 1. The molecule has 0 aromatic heterocycles. The first-order valence-electron chi connectivity index (χ1n) is 5.89. The number of ketones is 1. The van der Waals surface area contributed by atoms with Gasteiger partial charge in [0.05, 0.1) is 11.3 Å². The van der Waals surface area contributed by atoms with Gasteiger partial charge >= 0.3 is 0 Å². The largest absolute Gasteiger partial charge is 0.382 e. The molecule has 1 aromatic rings. The van der Waals surface area contributed by atoms with Crippen LogP contribution >= 0.6 is 15.9 Å². The van der Waals surface area contributed by atoms with Crippen LogP contribution in [0.1, 0.15) is 23.7 Å². The number of amides is 1. The third kappa shape index (κ3) is 2.33. The van der Waals surface area contributed by atoms with Gasteiger partial charge in [0.25, 0.3) is 11.7 Å². The van der Waals surface area contributed by atoms with Crippen LogP contribution in [0.25, 0.3) is 0 Å². The number of carbonyl (C=O) groups is 2. The molecular weight excluding hydrogens is 298 g/mol. The van der Waals surface area contributed by atoms with Crippen LogP contribution in [0.5, 0.6) is 0 Å². The number of hydrogen-bond donors (Lipinski definition) is 0. The quantitative estimate of drug-likeness (QED) is 0.619. The Balaban J connectivity index is 2.16. The van der Waals surface area contributed by atoms with E-state index in [1.165, 1.54) is 4.90 Å². The van der Waals surface area contributed by atoms with Crippen molar-refractivity contribution in [3.63, 3.8) is 0 Å². The maximum Gasteiger partial charge on any atom is 0.299 e. The molecule has 0 aliphatic carbocycles. The minimum atomic E-state index is -0.451. The third-order valence-corrected chi connectivity index (χ3v) is 3.48. The second-order valence-electron chi connectivity index (χ2n) is 3.97. The average Bonchev–Trinajstić information content (AvgIpc) is 2.60. The number of carbonyl (C=O) groups excluding carboxylic acids is 2. The normalized spacial score (nSPS) is 14.2. The summed E-state index contributed by atoms with van der Waals surface area (Å²) >= 11 is 3.31. The standard InChI is InChI=1S/C13H14BrNO3/c1-2-18-8-4-7-15-10-6-3-5-9(14)11(10)12(16)13(15)17/h3,5-6H,2,4,7-8H2,1H3. The summed E-state index contributed by atoms with van der Waals surface area (Å²) in [6.45, 7) is 3.69. The minimum Gasteiger partial charge on any atom is -0.382 e. The van der Waals surface area contributed by atoms with E-state index in [1.807, 2.05) is 13.0 Å². The van der Waals surface area contributed by atoms with Crippen molar-refractivity contribution < 1.29 is 14.3 Å². The molecule has 1 aliphatic heterocycles. The van der Waals surface area contributed by atoms with E-state index in [4.69, 9.17) is 4.74 Å². The first kappa shape index (κ1) is 13.2. The lowest BCUT2D eigenvalue weighted by Crippen LogP contribution is -2.31. The van der Waals surface area contributed by atoms with Gasteiger partial charge in [-0.2, -0.15) is 0 Å². The van der Waals surface area contributed by atoms with Gasteiger partial charge in [0.2, 0.25) is 0 Å². The Morgan fingerprint density at radius 2 is 2.11 bits per heavy atom. The fourth-order valence-corrected chi connectivity index (χ4v) is 2.53. The predicted octanol–water partition coefficient (Wildman–Crippen LogP) is 2.41. The summed E-state index contributed by atoms with van der Waals surface area (Å²) in [4.78, 5) is 25.3.